The summed E-state index contributed by atoms with van der Waals surface area (Å²) in [5.41, 5.74) is -0.385. The van der Waals surface area contributed by atoms with E-state index in [9.17, 15) is 14.9 Å². The van der Waals surface area contributed by atoms with Gasteiger partial charge in [0.15, 0.2) is 5.82 Å². The van der Waals surface area contributed by atoms with Crippen molar-refractivity contribution in [3.05, 3.63) is 40.1 Å². The lowest BCUT2D eigenvalue weighted by Gasteiger charge is -2.03. The van der Waals surface area contributed by atoms with Crippen LogP contribution in [-0.4, -0.2) is 31.4 Å². The van der Waals surface area contributed by atoms with Gasteiger partial charge in [0.1, 0.15) is 5.69 Å². The summed E-state index contributed by atoms with van der Waals surface area (Å²) in [5, 5.41) is 31.3. The maximum Gasteiger partial charge on any atom is 0.360 e. The van der Waals surface area contributed by atoms with E-state index in [4.69, 9.17) is 5.11 Å². The molecule has 2 rings (SSSR count). The number of carboxylic acids is 1. The fraction of sp³-hybridized carbons (Fsp3) is 0. The van der Waals surface area contributed by atoms with Gasteiger partial charge >= 0.3 is 5.97 Å². The smallest absolute Gasteiger partial charge is 0.360 e. The van der Waals surface area contributed by atoms with Gasteiger partial charge in [-0.15, -0.1) is 10.2 Å². The summed E-state index contributed by atoms with van der Waals surface area (Å²) in [6.45, 7) is 0. The maximum absolute atomic E-state index is 10.8. The van der Waals surface area contributed by atoms with Gasteiger partial charge in [-0.1, -0.05) is 12.1 Å². The number of hydrogen-bond acceptors (Lipinski definition) is 6. The third kappa shape index (κ3) is 2.09. The van der Waals surface area contributed by atoms with Crippen molar-refractivity contribution >= 4 is 23.2 Å². The topological polar surface area (TPSA) is 134 Å². The average Bonchev–Trinajstić information content (AvgIpc) is 2.77. The molecular formula is C9H7N5O4. The Labute approximate surface area is 99.6 Å². The highest BCUT2D eigenvalue weighted by atomic mass is 16.6. The van der Waals surface area contributed by atoms with Crippen LogP contribution in [0.25, 0.3) is 0 Å². The molecule has 0 unspecified atom stereocenters. The molecule has 2 aromatic rings. The number of rotatable bonds is 4. The number of carbonyl (C=O) groups is 1. The third-order valence-corrected chi connectivity index (χ3v) is 2.10. The van der Waals surface area contributed by atoms with Crippen molar-refractivity contribution in [3.63, 3.8) is 0 Å². The SMILES string of the molecule is O=C(O)c1n[nH]nc1Nc1ccccc1[N+](=O)[O-]. The van der Waals surface area contributed by atoms with Crippen molar-refractivity contribution in [3.8, 4) is 0 Å². The van der Waals surface area contributed by atoms with Crippen LogP contribution in [0.1, 0.15) is 10.5 Å². The van der Waals surface area contributed by atoms with Gasteiger partial charge in [0, 0.05) is 6.07 Å². The lowest BCUT2D eigenvalue weighted by Crippen LogP contribution is -2.03. The Morgan fingerprint density at radius 2 is 2.11 bits per heavy atom. The molecule has 0 bridgehead atoms. The van der Waals surface area contributed by atoms with Gasteiger partial charge in [-0.25, -0.2) is 4.79 Å². The summed E-state index contributed by atoms with van der Waals surface area (Å²) in [5.74, 6) is -1.37. The van der Waals surface area contributed by atoms with E-state index in [0.29, 0.717) is 0 Å². The highest BCUT2D eigenvalue weighted by molar-refractivity contribution is 5.92. The number of nitro groups is 1. The molecule has 0 radical (unpaired) electrons. The molecule has 0 aliphatic carbocycles. The molecule has 3 N–H and O–H groups in total. The van der Waals surface area contributed by atoms with Crippen LogP contribution in [-0.2, 0) is 0 Å². The molecule has 9 heteroatoms. The fourth-order valence-electron chi connectivity index (χ4n) is 1.33. The molecule has 0 atom stereocenters. The van der Waals surface area contributed by atoms with Gasteiger partial charge in [0.2, 0.25) is 5.69 Å². The van der Waals surface area contributed by atoms with Crippen LogP contribution in [0, 0.1) is 10.1 Å². The quantitative estimate of drug-likeness (QED) is 0.546. The molecule has 0 aliphatic rings. The van der Waals surface area contributed by atoms with Crippen LogP contribution < -0.4 is 5.32 Å². The number of nitrogens with one attached hydrogen (secondary N) is 2. The number of aromatic nitrogens is 3. The van der Waals surface area contributed by atoms with Crippen LogP contribution in [0.2, 0.25) is 0 Å². The molecule has 1 aromatic carbocycles. The van der Waals surface area contributed by atoms with Crippen LogP contribution in [0.3, 0.4) is 0 Å². The first kappa shape index (κ1) is 11.5. The highest BCUT2D eigenvalue weighted by Crippen LogP contribution is 2.26. The molecule has 0 aliphatic heterocycles. The summed E-state index contributed by atoms with van der Waals surface area (Å²) in [7, 11) is 0. The molecule has 0 spiro atoms. The van der Waals surface area contributed by atoms with Gasteiger partial charge in [0.05, 0.1) is 4.92 Å². The van der Waals surface area contributed by atoms with Gasteiger partial charge in [-0.2, -0.15) is 5.21 Å². The van der Waals surface area contributed by atoms with Crippen LogP contribution in [0.5, 0.6) is 0 Å². The van der Waals surface area contributed by atoms with Crippen molar-refractivity contribution in [1.82, 2.24) is 15.4 Å². The molecule has 9 nitrogen and oxygen atoms in total. The first-order valence-corrected chi connectivity index (χ1v) is 4.74. The van der Waals surface area contributed by atoms with Crippen LogP contribution >= 0.6 is 0 Å². The van der Waals surface area contributed by atoms with Gasteiger partial charge in [0.25, 0.3) is 5.69 Å². The van der Waals surface area contributed by atoms with E-state index in [2.05, 4.69) is 20.7 Å². The number of anilines is 2. The first-order chi connectivity index (χ1) is 8.59. The average molecular weight is 249 g/mol. The number of aromatic carboxylic acids is 1. The monoisotopic (exact) mass is 249 g/mol. The zero-order valence-electron chi connectivity index (χ0n) is 8.82. The Bertz CT molecular complexity index is 609. The van der Waals surface area contributed by atoms with E-state index in [-0.39, 0.29) is 22.9 Å². The van der Waals surface area contributed by atoms with Crippen molar-refractivity contribution < 1.29 is 14.8 Å². The van der Waals surface area contributed by atoms with Gasteiger partial charge in [-0.3, -0.25) is 10.1 Å². The van der Waals surface area contributed by atoms with E-state index in [1.807, 2.05) is 0 Å². The lowest BCUT2D eigenvalue weighted by molar-refractivity contribution is -0.383. The number of aromatic amines is 1. The Balaban J connectivity index is 2.37. The summed E-state index contributed by atoms with van der Waals surface area (Å²) < 4.78 is 0. The van der Waals surface area contributed by atoms with E-state index in [0.717, 1.165) is 0 Å². The van der Waals surface area contributed by atoms with Crippen molar-refractivity contribution in [2.24, 2.45) is 0 Å². The molecule has 0 amide bonds. The number of nitrogens with zero attached hydrogens (tertiary/aromatic N) is 3. The second-order valence-corrected chi connectivity index (χ2v) is 3.23. The first-order valence-electron chi connectivity index (χ1n) is 4.74. The number of H-pyrrole nitrogens is 1. The van der Waals surface area contributed by atoms with E-state index < -0.39 is 10.9 Å². The Kier molecular flexibility index (Phi) is 2.87. The third-order valence-electron chi connectivity index (χ3n) is 2.10. The minimum Gasteiger partial charge on any atom is -0.476 e. The van der Waals surface area contributed by atoms with E-state index >= 15 is 0 Å². The summed E-state index contributed by atoms with van der Waals surface area (Å²) in [6.07, 6.45) is 0. The molecule has 0 fully saturated rings. The Morgan fingerprint density at radius 3 is 2.78 bits per heavy atom. The lowest BCUT2D eigenvalue weighted by atomic mass is 10.2. The zero-order valence-corrected chi connectivity index (χ0v) is 8.82. The van der Waals surface area contributed by atoms with Gasteiger partial charge < -0.3 is 10.4 Å². The number of carboxylic acid groups (broad SMARTS) is 1. The number of hydrogen-bond donors (Lipinski definition) is 3. The van der Waals surface area contributed by atoms with Crippen molar-refractivity contribution in [2.75, 3.05) is 5.32 Å². The van der Waals surface area contributed by atoms with Crippen molar-refractivity contribution in [1.29, 1.82) is 0 Å². The van der Waals surface area contributed by atoms with Crippen molar-refractivity contribution in [2.45, 2.75) is 0 Å². The Morgan fingerprint density at radius 1 is 1.39 bits per heavy atom. The normalized spacial score (nSPS) is 10.0. The predicted octanol–water partition coefficient (Wildman–Crippen LogP) is 1.15. The zero-order chi connectivity index (χ0) is 13.1. The second kappa shape index (κ2) is 4.49. The highest BCUT2D eigenvalue weighted by Gasteiger charge is 2.19. The molecule has 1 heterocycles. The second-order valence-electron chi connectivity index (χ2n) is 3.23. The van der Waals surface area contributed by atoms with Crippen LogP contribution in [0.4, 0.5) is 17.2 Å². The standard InChI is InChI=1S/C9H7N5O4/c15-9(16)7-8(12-13-11-7)10-5-3-1-2-4-6(5)14(17)18/h1-4H,(H,15,16)(H2,10,11,12,13). The number of para-hydroxylation sites is 2. The van der Waals surface area contributed by atoms with Crippen LogP contribution in [0.15, 0.2) is 24.3 Å². The number of nitro benzene ring substituents is 1. The molecular weight excluding hydrogens is 242 g/mol. The minimum atomic E-state index is -1.29. The fourth-order valence-corrected chi connectivity index (χ4v) is 1.33. The molecule has 18 heavy (non-hydrogen) atoms. The molecule has 0 saturated heterocycles. The maximum atomic E-state index is 10.8. The summed E-state index contributed by atoms with van der Waals surface area (Å²) in [4.78, 5) is 21.0. The van der Waals surface area contributed by atoms with E-state index in [1.54, 1.807) is 6.07 Å². The van der Waals surface area contributed by atoms with Gasteiger partial charge in [-0.05, 0) is 6.07 Å². The summed E-state index contributed by atoms with van der Waals surface area (Å²) in [6, 6.07) is 5.82. The predicted molar refractivity (Wildman–Crippen MR) is 59.7 cm³/mol. The number of benzene rings is 1. The Hall–Kier alpha value is -2.97. The minimum absolute atomic E-state index is 0.0863. The largest absolute Gasteiger partial charge is 0.476 e. The summed E-state index contributed by atoms with van der Waals surface area (Å²) >= 11 is 0. The van der Waals surface area contributed by atoms with E-state index in [1.165, 1.54) is 18.2 Å². The molecule has 92 valence electrons. The molecule has 0 saturated carbocycles. The molecule has 1 aromatic heterocycles.